The van der Waals surface area contributed by atoms with E-state index in [-0.39, 0.29) is 0 Å². The molecular formula is C25H20N6. The maximum absolute atomic E-state index is 9.81. The van der Waals surface area contributed by atoms with Crippen molar-refractivity contribution in [1.82, 2.24) is 14.4 Å². The van der Waals surface area contributed by atoms with Crippen LogP contribution >= 0.6 is 0 Å². The van der Waals surface area contributed by atoms with E-state index in [0.717, 1.165) is 50.9 Å². The van der Waals surface area contributed by atoms with Gasteiger partial charge in [-0.15, -0.1) is 0 Å². The Morgan fingerprint density at radius 2 is 2.00 bits per heavy atom. The number of benzene rings is 2. The van der Waals surface area contributed by atoms with E-state index in [1.807, 2.05) is 59.9 Å². The van der Waals surface area contributed by atoms with Crippen LogP contribution in [-0.4, -0.2) is 20.6 Å². The fourth-order valence-electron chi connectivity index (χ4n) is 4.08. The third-order valence-electron chi connectivity index (χ3n) is 5.60. The number of pyridine rings is 2. The van der Waals surface area contributed by atoms with Gasteiger partial charge in [-0.25, -0.2) is 4.98 Å². The van der Waals surface area contributed by atoms with Crippen molar-refractivity contribution in [2.45, 2.75) is 20.3 Å². The van der Waals surface area contributed by atoms with E-state index in [2.05, 4.69) is 34.6 Å². The second-order valence-electron chi connectivity index (χ2n) is 7.38. The average molecular weight is 404 g/mol. The summed E-state index contributed by atoms with van der Waals surface area (Å²) in [4.78, 5) is 9.08. The van der Waals surface area contributed by atoms with Crippen LogP contribution < -0.4 is 5.43 Å². The molecule has 0 saturated carbocycles. The van der Waals surface area contributed by atoms with Gasteiger partial charge in [-0.1, -0.05) is 31.2 Å². The fourth-order valence-corrected chi connectivity index (χ4v) is 4.08. The van der Waals surface area contributed by atoms with Gasteiger partial charge in [-0.05, 0) is 60.4 Å². The number of hydrogen-bond acceptors (Lipinski definition) is 5. The minimum atomic E-state index is 0.601. The lowest BCUT2D eigenvalue weighted by Gasteiger charge is -2.15. The molecule has 5 aromatic rings. The van der Waals surface area contributed by atoms with E-state index in [1.54, 1.807) is 12.4 Å². The minimum Gasteiger partial charge on any atom is -0.276 e. The molecule has 150 valence electrons. The molecule has 3 heterocycles. The monoisotopic (exact) mass is 404 g/mol. The second kappa shape index (κ2) is 7.54. The molecule has 0 atom stereocenters. The summed E-state index contributed by atoms with van der Waals surface area (Å²) in [6.07, 6.45) is 4.35. The zero-order valence-corrected chi connectivity index (χ0v) is 17.3. The number of nitriles is 1. The quantitative estimate of drug-likeness (QED) is 0.329. The highest BCUT2D eigenvalue weighted by atomic mass is 15.3. The first-order valence-electron chi connectivity index (χ1n) is 10.2. The average Bonchev–Trinajstić information content (AvgIpc) is 3.18. The summed E-state index contributed by atoms with van der Waals surface area (Å²) < 4.78 is 2.00. The summed E-state index contributed by atoms with van der Waals surface area (Å²) in [6, 6.07) is 20.2. The Hall–Kier alpha value is -4.24. The Morgan fingerprint density at radius 1 is 1.13 bits per heavy atom. The molecule has 0 radical (unpaired) electrons. The standard InChI is InChI=1S/C25H20N6/c1-3-19-16(2)20(14-26)24-29-22-8-4-5-9-23(22)31(24)25(19)30-28-15-17-10-11-21-18(13-17)7-6-12-27-21/h4-13,15,30H,3H2,1-2H3. The lowest BCUT2D eigenvalue weighted by molar-refractivity contribution is 1.04. The molecule has 0 spiro atoms. The number of rotatable bonds is 4. The summed E-state index contributed by atoms with van der Waals surface area (Å²) >= 11 is 0. The molecule has 0 saturated heterocycles. The Labute approximate surface area is 179 Å². The van der Waals surface area contributed by atoms with E-state index in [1.165, 1.54) is 0 Å². The Balaban J connectivity index is 1.64. The molecule has 31 heavy (non-hydrogen) atoms. The summed E-state index contributed by atoms with van der Waals surface area (Å²) in [5.74, 6) is 0.835. The highest BCUT2D eigenvalue weighted by Gasteiger charge is 2.19. The first kappa shape index (κ1) is 18.8. The summed E-state index contributed by atoms with van der Waals surface area (Å²) in [5, 5.41) is 15.4. The van der Waals surface area contributed by atoms with E-state index in [0.29, 0.717) is 11.2 Å². The van der Waals surface area contributed by atoms with E-state index >= 15 is 0 Å². The lowest BCUT2D eigenvalue weighted by atomic mass is 10.0. The molecule has 1 N–H and O–H groups in total. The van der Waals surface area contributed by atoms with Crippen LogP contribution in [0.3, 0.4) is 0 Å². The van der Waals surface area contributed by atoms with Gasteiger partial charge in [-0.3, -0.25) is 14.8 Å². The molecule has 6 nitrogen and oxygen atoms in total. The zero-order chi connectivity index (χ0) is 21.4. The van der Waals surface area contributed by atoms with Gasteiger partial charge >= 0.3 is 0 Å². The minimum absolute atomic E-state index is 0.601. The Bertz CT molecular complexity index is 1520. The topological polar surface area (TPSA) is 78.4 Å². The molecule has 0 amide bonds. The summed E-state index contributed by atoms with van der Waals surface area (Å²) in [6.45, 7) is 4.06. The number of nitrogens with zero attached hydrogens (tertiary/aromatic N) is 5. The van der Waals surface area contributed by atoms with E-state index in [4.69, 9.17) is 4.98 Å². The predicted molar refractivity (Wildman–Crippen MR) is 124 cm³/mol. The summed E-state index contributed by atoms with van der Waals surface area (Å²) in [7, 11) is 0. The predicted octanol–water partition coefficient (Wildman–Crippen LogP) is 5.22. The van der Waals surface area contributed by atoms with Crippen LogP contribution in [0.4, 0.5) is 5.82 Å². The van der Waals surface area contributed by atoms with Crippen molar-refractivity contribution in [3.63, 3.8) is 0 Å². The molecule has 0 aliphatic rings. The Kier molecular flexibility index (Phi) is 4.57. The second-order valence-corrected chi connectivity index (χ2v) is 7.38. The van der Waals surface area contributed by atoms with Gasteiger partial charge < -0.3 is 0 Å². The van der Waals surface area contributed by atoms with Crippen LogP contribution in [0, 0.1) is 18.3 Å². The maximum atomic E-state index is 9.81. The molecule has 0 bridgehead atoms. The Morgan fingerprint density at radius 3 is 2.84 bits per heavy atom. The number of aromatic nitrogens is 3. The molecule has 3 aromatic heterocycles. The number of para-hydroxylation sites is 2. The smallest absolute Gasteiger partial charge is 0.157 e. The zero-order valence-electron chi connectivity index (χ0n) is 17.3. The lowest BCUT2D eigenvalue weighted by Crippen LogP contribution is -2.07. The van der Waals surface area contributed by atoms with Crippen LogP contribution in [0.15, 0.2) is 65.9 Å². The fraction of sp³-hybridized carbons (Fsp3) is 0.120. The van der Waals surface area contributed by atoms with Crippen molar-refractivity contribution >= 4 is 39.6 Å². The van der Waals surface area contributed by atoms with E-state index < -0.39 is 0 Å². The molecule has 6 heteroatoms. The highest BCUT2D eigenvalue weighted by Crippen LogP contribution is 2.31. The van der Waals surface area contributed by atoms with Crippen LogP contribution in [0.2, 0.25) is 0 Å². The van der Waals surface area contributed by atoms with Crippen LogP contribution in [0.25, 0.3) is 27.6 Å². The number of nitrogens with one attached hydrogen (secondary N) is 1. The largest absolute Gasteiger partial charge is 0.276 e. The maximum Gasteiger partial charge on any atom is 0.157 e. The molecule has 0 aliphatic carbocycles. The van der Waals surface area contributed by atoms with Gasteiger partial charge in [0.15, 0.2) is 5.65 Å². The third-order valence-corrected chi connectivity index (χ3v) is 5.60. The van der Waals surface area contributed by atoms with Crippen molar-refractivity contribution < 1.29 is 0 Å². The number of fused-ring (bicyclic) bond motifs is 4. The highest BCUT2D eigenvalue weighted by molar-refractivity contribution is 5.89. The first-order chi connectivity index (χ1) is 15.2. The van der Waals surface area contributed by atoms with Crippen LogP contribution in [0.5, 0.6) is 0 Å². The van der Waals surface area contributed by atoms with Gasteiger partial charge in [0.05, 0.1) is 28.3 Å². The van der Waals surface area contributed by atoms with Crippen LogP contribution in [0.1, 0.15) is 29.2 Å². The van der Waals surface area contributed by atoms with Gasteiger partial charge in [0.2, 0.25) is 0 Å². The molecule has 0 fully saturated rings. The van der Waals surface area contributed by atoms with Crippen molar-refractivity contribution in [3.05, 3.63) is 83.0 Å². The first-order valence-corrected chi connectivity index (χ1v) is 10.2. The van der Waals surface area contributed by atoms with Crippen molar-refractivity contribution in [1.29, 1.82) is 5.26 Å². The van der Waals surface area contributed by atoms with E-state index in [9.17, 15) is 5.26 Å². The molecular weight excluding hydrogens is 384 g/mol. The van der Waals surface area contributed by atoms with Gasteiger partial charge in [0, 0.05) is 11.6 Å². The molecule has 0 unspecified atom stereocenters. The molecule has 5 rings (SSSR count). The van der Waals surface area contributed by atoms with Crippen LogP contribution in [-0.2, 0) is 6.42 Å². The van der Waals surface area contributed by atoms with Crippen molar-refractivity contribution in [2.75, 3.05) is 5.43 Å². The number of anilines is 1. The third kappa shape index (κ3) is 3.08. The normalized spacial score (nSPS) is 11.5. The van der Waals surface area contributed by atoms with Gasteiger partial charge in [0.1, 0.15) is 11.9 Å². The SMILES string of the molecule is CCc1c(C)c(C#N)c2nc3ccccc3n2c1NN=Cc1ccc2ncccc2c1. The van der Waals surface area contributed by atoms with Crippen molar-refractivity contribution in [2.24, 2.45) is 5.10 Å². The molecule has 0 aliphatic heterocycles. The number of imidazole rings is 1. The number of hydrogen-bond donors (Lipinski definition) is 1. The van der Waals surface area contributed by atoms with Gasteiger partial charge in [0.25, 0.3) is 0 Å². The van der Waals surface area contributed by atoms with Crippen molar-refractivity contribution in [3.8, 4) is 6.07 Å². The van der Waals surface area contributed by atoms with Gasteiger partial charge in [-0.2, -0.15) is 10.4 Å². The molecule has 2 aromatic carbocycles. The number of hydrazone groups is 1. The summed E-state index contributed by atoms with van der Waals surface area (Å²) in [5.41, 5.74) is 10.2.